The van der Waals surface area contributed by atoms with E-state index in [2.05, 4.69) is 10.6 Å². The first-order valence-electron chi connectivity index (χ1n) is 10.9. The Morgan fingerprint density at radius 2 is 1.41 bits per heavy atom. The van der Waals surface area contributed by atoms with Crippen molar-refractivity contribution in [2.24, 2.45) is 0 Å². The molecule has 7 nitrogen and oxygen atoms in total. The van der Waals surface area contributed by atoms with Gasteiger partial charge in [-0.3, -0.25) is 9.59 Å². The van der Waals surface area contributed by atoms with Gasteiger partial charge in [0.15, 0.2) is 6.10 Å². The highest BCUT2D eigenvalue weighted by molar-refractivity contribution is 6.05. The molecule has 0 aromatic heterocycles. The Hall–Kier alpha value is -4.07. The second-order valence-electron chi connectivity index (χ2n) is 7.23. The summed E-state index contributed by atoms with van der Waals surface area (Å²) in [5.41, 5.74) is 1.27. The number of anilines is 2. The Bertz CT molecular complexity index is 1120. The number of benzene rings is 3. The van der Waals surface area contributed by atoms with E-state index in [-0.39, 0.29) is 5.91 Å². The lowest BCUT2D eigenvalue weighted by molar-refractivity contribution is -0.122. The summed E-state index contributed by atoms with van der Waals surface area (Å²) in [7, 11) is 0. The summed E-state index contributed by atoms with van der Waals surface area (Å²) in [6, 6.07) is 17.4. The van der Waals surface area contributed by atoms with Crippen LogP contribution in [0.1, 0.15) is 31.1 Å². The number of ether oxygens (including phenoxy) is 3. The van der Waals surface area contributed by atoms with Crippen molar-refractivity contribution in [3.63, 3.8) is 0 Å². The second-order valence-corrected chi connectivity index (χ2v) is 7.23. The molecule has 0 spiro atoms. The third kappa shape index (κ3) is 6.48. The van der Waals surface area contributed by atoms with E-state index in [1.807, 2.05) is 19.9 Å². The van der Waals surface area contributed by atoms with Crippen LogP contribution in [0.25, 0.3) is 0 Å². The Kier molecular flexibility index (Phi) is 8.45. The van der Waals surface area contributed by atoms with Gasteiger partial charge < -0.3 is 24.8 Å². The van der Waals surface area contributed by atoms with Crippen molar-refractivity contribution >= 4 is 23.2 Å². The first kappa shape index (κ1) is 24.6. The minimum absolute atomic E-state index is 0.304. The SMILES string of the molecule is CCOc1cc(NC(=O)C(C)Oc2ccc(F)cc2)c(OCC)cc1NC(=O)c1ccccc1. The van der Waals surface area contributed by atoms with E-state index >= 15 is 0 Å². The summed E-state index contributed by atoms with van der Waals surface area (Å²) in [6.45, 7) is 5.89. The third-order valence-corrected chi connectivity index (χ3v) is 4.72. The van der Waals surface area contributed by atoms with E-state index in [1.54, 1.807) is 43.3 Å². The highest BCUT2D eigenvalue weighted by Crippen LogP contribution is 2.37. The lowest BCUT2D eigenvalue weighted by Crippen LogP contribution is -2.30. The standard InChI is InChI=1S/C26H27FN2O5/c1-4-32-23-16-22(29-26(31)18-9-7-6-8-10-18)24(33-5-2)15-21(23)28-25(30)17(3)34-20-13-11-19(27)12-14-20/h6-17H,4-5H2,1-3H3,(H,28,30)(H,29,31). The molecule has 8 heteroatoms. The van der Waals surface area contributed by atoms with Crippen LogP contribution < -0.4 is 24.8 Å². The molecular weight excluding hydrogens is 439 g/mol. The van der Waals surface area contributed by atoms with Crippen molar-refractivity contribution in [1.82, 2.24) is 0 Å². The zero-order valence-corrected chi connectivity index (χ0v) is 19.3. The van der Waals surface area contributed by atoms with Crippen molar-refractivity contribution in [3.05, 3.63) is 78.1 Å². The van der Waals surface area contributed by atoms with E-state index in [9.17, 15) is 14.0 Å². The smallest absolute Gasteiger partial charge is 0.265 e. The molecule has 0 bridgehead atoms. The van der Waals surface area contributed by atoms with Gasteiger partial charge in [0, 0.05) is 17.7 Å². The van der Waals surface area contributed by atoms with E-state index in [4.69, 9.17) is 14.2 Å². The molecule has 0 aliphatic carbocycles. The fourth-order valence-corrected chi connectivity index (χ4v) is 3.09. The van der Waals surface area contributed by atoms with Crippen molar-refractivity contribution in [3.8, 4) is 17.2 Å². The summed E-state index contributed by atoms with van der Waals surface area (Å²) in [5, 5.41) is 5.62. The molecule has 0 aliphatic heterocycles. The average Bonchev–Trinajstić information content (AvgIpc) is 2.83. The zero-order valence-electron chi connectivity index (χ0n) is 19.3. The van der Waals surface area contributed by atoms with Gasteiger partial charge in [0.1, 0.15) is 23.1 Å². The monoisotopic (exact) mass is 466 g/mol. The van der Waals surface area contributed by atoms with Crippen LogP contribution >= 0.6 is 0 Å². The fraction of sp³-hybridized carbons (Fsp3) is 0.231. The van der Waals surface area contributed by atoms with Crippen molar-refractivity contribution < 1.29 is 28.2 Å². The maximum absolute atomic E-state index is 13.1. The quantitative estimate of drug-likeness (QED) is 0.425. The molecular formula is C26H27FN2O5. The molecule has 0 saturated heterocycles. The molecule has 3 rings (SSSR count). The van der Waals surface area contributed by atoms with Gasteiger partial charge in [0.2, 0.25) is 0 Å². The second kappa shape index (κ2) is 11.7. The minimum atomic E-state index is -0.868. The topological polar surface area (TPSA) is 85.9 Å². The van der Waals surface area contributed by atoms with Crippen LogP contribution in [0.15, 0.2) is 66.7 Å². The zero-order chi connectivity index (χ0) is 24.5. The van der Waals surface area contributed by atoms with E-state index in [0.29, 0.717) is 47.4 Å². The number of hydrogen-bond donors (Lipinski definition) is 2. The summed E-state index contributed by atoms with van der Waals surface area (Å²) in [5.74, 6) is -0.0399. The molecule has 0 aliphatic rings. The lowest BCUT2D eigenvalue weighted by Gasteiger charge is -2.19. The van der Waals surface area contributed by atoms with Gasteiger partial charge in [-0.05, 0) is 57.2 Å². The number of hydrogen-bond acceptors (Lipinski definition) is 5. The van der Waals surface area contributed by atoms with E-state index in [0.717, 1.165) is 0 Å². The molecule has 2 amide bonds. The van der Waals surface area contributed by atoms with Gasteiger partial charge in [0.25, 0.3) is 11.8 Å². The third-order valence-electron chi connectivity index (χ3n) is 4.72. The summed E-state index contributed by atoms with van der Waals surface area (Å²) < 4.78 is 30.1. The van der Waals surface area contributed by atoms with Crippen LogP contribution in [0.5, 0.6) is 17.2 Å². The van der Waals surface area contributed by atoms with Gasteiger partial charge in [-0.1, -0.05) is 18.2 Å². The Morgan fingerprint density at radius 3 is 1.97 bits per heavy atom. The Balaban J connectivity index is 1.82. The molecule has 2 N–H and O–H groups in total. The fourth-order valence-electron chi connectivity index (χ4n) is 3.09. The van der Waals surface area contributed by atoms with Crippen LogP contribution in [0.4, 0.5) is 15.8 Å². The van der Waals surface area contributed by atoms with Crippen LogP contribution in [0.3, 0.4) is 0 Å². The van der Waals surface area contributed by atoms with Gasteiger partial charge in [-0.2, -0.15) is 0 Å². The maximum atomic E-state index is 13.1. The minimum Gasteiger partial charge on any atom is -0.492 e. The predicted molar refractivity (Wildman–Crippen MR) is 128 cm³/mol. The molecule has 34 heavy (non-hydrogen) atoms. The van der Waals surface area contributed by atoms with Gasteiger partial charge >= 0.3 is 0 Å². The molecule has 3 aromatic rings. The highest BCUT2D eigenvalue weighted by atomic mass is 19.1. The number of carbonyl (C=O) groups is 2. The molecule has 1 atom stereocenters. The first-order chi connectivity index (χ1) is 16.4. The van der Waals surface area contributed by atoms with Crippen molar-refractivity contribution in [2.75, 3.05) is 23.8 Å². The first-order valence-corrected chi connectivity index (χ1v) is 10.9. The number of rotatable bonds is 10. The summed E-state index contributed by atoms with van der Waals surface area (Å²) in [6.07, 6.45) is -0.868. The summed E-state index contributed by atoms with van der Waals surface area (Å²) in [4.78, 5) is 25.4. The predicted octanol–water partition coefficient (Wildman–Crippen LogP) is 5.28. The number of amides is 2. The number of carbonyl (C=O) groups excluding carboxylic acids is 2. The van der Waals surface area contributed by atoms with E-state index < -0.39 is 17.8 Å². The average molecular weight is 467 g/mol. The molecule has 0 heterocycles. The molecule has 0 radical (unpaired) electrons. The molecule has 0 fully saturated rings. The van der Waals surface area contributed by atoms with Crippen molar-refractivity contribution in [2.45, 2.75) is 26.9 Å². The molecule has 3 aromatic carbocycles. The van der Waals surface area contributed by atoms with E-state index in [1.165, 1.54) is 24.3 Å². The van der Waals surface area contributed by atoms with Gasteiger partial charge in [-0.25, -0.2) is 4.39 Å². The van der Waals surface area contributed by atoms with Gasteiger partial charge in [0.05, 0.1) is 24.6 Å². The van der Waals surface area contributed by atoms with Crippen LogP contribution in [0, 0.1) is 5.82 Å². The number of halogens is 1. The Morgan fingerprint density at radius 1 is 0.853 bits per heavy atom. The molecule has 178 valence electrons. The highest BCUT2D eigenvalue weighted by Gasteiger charge is 2.20. The normalized spacial score (nSPS) is 11.3. The van der Waals surface area contributed by atoms with Gasteiger partial charge in [-0.15, -0.1) is 0 Å². The molecule has 0 saturated carbocycles. The largest absolute Gasteiger partial charge is 0.492 e. The Labute approximate surface area is 197 Å². The summed E-state index contributed by atoms with van der Waals surface area (Å²) >= 11 is 0. The molecule has 1 unspecified atom stereocenters. The van der Waals surface area contributed by atoms with Crippen LogP contribution in [-0.4, -0.2) is 31.1 Å². The lowest BCUT2D eigenvalue weighted by atomic mass is 10.2. The number of nitrogens with one attached hydrogen (secondary N) is 2. The van der Waals surface area contributed by atoms with Crippen LogP contribution in [0.2, 0.25) is 0 Å². The van der Waals surface area contributed by atoms with Crippen LogP contribution in [-0.2, 0) is 4.79 Å². The maximum Gasteiger partial charge on any atom is 0.265 e. The van der Waals surface area contributed by atoms with Crippen molar-refractivity contribution in [1.29, 1.82) is 0 Å².